The average Bonchev–Trinajstić information content (AvgIpc) is 3.22. The van der Waals surface area contributed by atoms with Crippen LogP contribution in [0.4, 0.5) is 4.39 Å². The number of hydrogen-bond acceptors (Lipinski definition) is 7. The number of allylic oxidation sites excluding steroid dienone is 1. The van der Waals surface area contributed by atoms with Gasteiger partial charge in [0.1, 0.15) is 30.3 Å². The van der Waals surface area contributed by atoms with Crippen LogP contribution in [0.5, 0.6) is 5.75 Å². The van der Waals surface area contributed by atoms with Gasteiger partial charge in [-0.25, -0.2) is 4.39 Å². The van der Waals surface area contributed by atoms with Gasteiger partial charge < -0.3 is 9.64 Å². The maximum atomic E-state index is 13.2. The Morgan fingerprint density at radius 2 is 1.94 bits per heavy atom. The van der Waals surface area contributed by atoms with Gasteiger partial charge >= 0.3 is 0 Å². The van der Waals surface area contributed by atoms with Gasteiger partial charge in [-0.3, -0.25) is 24.3 Å². The Hall–Kier alpha value is -3.21. The minimum atomic E-state index is -0.952. The number of imide groups is 1. The van der Waals surface area contributed by atoms with E-state index in [1.54, 1.807) is 10.6 Å². The highest BCUT2D eigenvalue weighted by molar-refractivity contribution is 7.99. The van der Waals surface area contributed by atoms with E-state index in [-0.39, 0.29) is 36.5 Å². The predicted molar refractivity (Wildman–Crippen MR) is 122 cm³/mol. The molecule has 0 bridgehead atoms. The third-order valence-electron chi connectivity index (χ3n) is 6.09. The van der Waals surface area contributed by atoms with Gasteiger partial charge in [-0.05, 0) is 37.1 Å². The highest BCUT2D eigenvalue weighted by Crippen LogP contribution is 2.36. The largest absolute Gasteiger partial charge is 0.486 e. The normalized spacial score (nSPS) is 17.5. The number of ether oxygens (including phenoxy) is 1. The molecular formula is C23H26FN5O4S. The van der Waals surface area contributed by atoms with Crippen molar-refractivity contribution in [1.29, 1.82) is 0 Å². The molecule has 1 saturated heterocycles. The molecule has 1 aliphatic carbocycles. The molecule has 1 aliphatic heterocycles. The standard InChI is InChI=1S/C23H26FN5O4S/c1-2-12-28-18(14-33-17-8-6-16(24)7-9-17)26-27-22(28)34-15-20(31)29-13-19(30)25-21(32)23(29)10-4-3-5-11-23/h2,6-9H,1,3-5,10-15H2,(H,25,30,32). The smallest absolute Gasteiger partial charge is 0.252 e. The van der Waals surface area contributed by atoms with Gasteiger partial charge in [-0.2, -0.15) is 0 Å². The average molecular weight is 488 g/mol. The Bertz CT molecular complexity index is 1080. The van der Waals surface area contributed by atoms with Crippen LogP contribution in [0.1, 0.15) is 37.9 Å². The topological polar surface area (TPSA) is 106 Å². The van der Waals surface area contributed by atoms with Crippen molar-refractivity contribution in [2.45, 2.75) is 56.0 Å². The molecule has 4 rings (SSSR count). The van der Waals surface area contributed by atoms with Crippen LogP contribution >= 0.6 is 11.8 Å². The molecule has 3 amide bonds. The lowest BCUT2D eigenvalue weighted by Gasteiger charge is -2.47. The van der Waals surface area contributed by atoms with Crippen LogP contribution in [0.25, 0.3) is 0 Å². The maximum absolute atomic E-state index is 13.2. The van der Waals surface area contributed by atoms with Crippen LogP contribution in [-0.2, 0) is 27.5 Å². The molecule has 0 unspecified atom stereocenters. The zero-order valence-electron chi connectivity index (χ0n) is 18.7. The van der Waals surface area contributed by atoms with Crippen molar-refractivity contribution in [3.8, 4) is 5.75 Å². The number of aromatic nitrogens is 3. The highest BCUT2D eigenvalue weighted by atomic mass is 32.2. The van der Waals surface area contributed by atoms with Gasteiger partial charge in [-0.1, -0.05) is 37.1 Å². The van der Waals surface area contributed by atoms with Crippen molar-refractivity contribution < 1.29 is 23.5 Å². The second-order valence-corrected chi connectivity index (χ2v) is 9.22. The van der Waals surface area contributed by atoms with E-state index in [9.17, 15) is 18.8 Å². The lowest BCUT2D eigenvalue weighted by Crippen LogP contribution is -2.69. The third-order valence-corrected chi connectivity index (χ3v) is 7.04. The molecule has 2 fully saturated rings. The molecule has 2 heterocycles. The molecule has 34 heavy (non-hydrogen) atoms. The summed E-state index contributed by atoms with van der Waals surface area (Å²) in [5.41, 5.74) is -0.952. The molecule has 2 aromatic rings. The van der Waals surface area contributed by atoms with E-state index in [0.717, 1.165) is 19.3 Å². The zero-order chi connectivity index (χ0) is 24.1. The van der Waals surface area contributed by atoms with Gasteiger partial charge in [0.25, 0.3) is 5.91 Å². The lowest BCUT2D eigenvalue weighted by atomic mass is 9.78. The van der Waals surface area contributed by atoms with Crippen molar-refractivity contribution in [1.82, 2.24) is 25.0 Å². The van der Waals surface area contributed by atoms with E-state index in [2.05, 4.69) is 22.1 Å². The molecule has 0 radical (unpaired) electrons. The third kappa shape index (κ3) is 4.98. The Balaban J connectivity index is 1.45. The first-order valence-corrected chi connectivity index (χ1v) is 12.1. The van der Waals surface area contributed by atoms with Crippen molar-refractivity contribution in [2.75, 3.05) is 12.3 Å². The first-order chi connectivity index (χ1) is 16.4. The number of carbonyl (C=O) groups is 3. The summed E-state index contributed by atoms with van der Waals surface area (Å²) in [6, 6.07) is 5.66. The number of benzene rings is 1. The number of rotatable bonds is 8. The van der Waals surface area contributed by atoms with Crippen molar-refractivity contribution in [3.05, 3.63) is 48.6 Å². The number of carbonyl (C=O) groups excluding carboxylic acids is 3. The lowest BCUT2D eigenvalue weighted by molar-refractivity contribution is -0.158. The van der Waals surface area contributed by atoms with E-state index >= 15 is 0 Å². The van der Waals surface area contributed by atoms with Gasteiger partial charge in [-0.15, -0.1) is 16.8 Å². The highest BCUT2D eigenvalue weighted by Gasteiger charge is 2.50. The van der Waals surface area contributed by atoms with Crippen LogP contribution < -0.4 is 10.1 Å². The minimum Gasteiger partial charge on any atom is -0.486 e. The van der Waals surface area contributed by atoms with Crippen LogP contribution in [0, 0.1) is 5.82 Å². The van der Waals surface area contributed by atoms with Crippen molar-refractivity contribution in [3.63, 3.8) is 0 Å². The Morgan fingerprint density at radius 1 is 1.21 bits per heavy atom. The summed E-state index contributed by atoms with van der Waals surface area (Å²) in [4.78, 5) is 39.4. The molecule has 180 valence electrons. The SMILES string of the molecule is C=CCn1c(COc2ccc(F)cc2)nnc1SCC(=O)N1CC(=O)NC(=O)C12CCCCC2. The van der Waals surface area contributed by atoms with Crippen molar-refractivity contribution >= 4 is 29.5 Å². The molecule has 9 nitrogen and oxygen atoms in total. The Morgan fingerprint density at radius 3 is 2.65 bits per heavy atom. The van der Waals surface area contributed by atoms with E-state index in [0.29, 0.717) is 36.1 Å². The van der Waals surface area contributed by atoms with Crippen LogP contribution in [0.2, 0.25) is 0 Å². The van der Waals surface area contributed by atoms with Crippen LogP contribution in [-0.4, -0.2) is 55.2 Å². The monoisotopic (exact) mass is 487 g/mol. The van der Waals surface area contributed by atoms with Gasteiger partial charge in [0.05, 0.1) is 5.75 Å². The van der Waals surface area contributed by atoms with E-state index in [1.807, 2.05) is 0 Å². The Kier molecular flexibility index (Phi) is 7.30. The molecule has 1 aromatic carbocycles. The summed E-state index contributed by atoms with van der Waals surface area (Å²) >= 11 is 1.19. The predicted octanol–water partition coefficient (Wildman–Crippen LogP) is 2.46. The molecule has 11 heteroatoms. The summed E-state index contributed by atoms with van der Waals surface area (Å²) in [7, 11) is 0. The summed E-state index contributed by atoms with van der Waals surface area (Å²) in [5, 5.41) is 11.3. The van der Waals surface area contributed by atoms with E-state index in [1.165, 1.54) is 40.9 Å². The number of thioether (sulfide) groups is 1. The first kappa shape index (κ1) is 23.9. The molecule has 0 atom stereocenters. The quantitative estimate of drug-likeness (QED) is 0.346. The molecule has 1 spiro atoms. The van der Waals surface area contributed by atoms with E-state index in [4.69, 9.17) is 4.74 Å². The summed E-state index contributed by atoms with van der Waals surface area (Å²) in [5.74, 6) is -0.455. The van der Waals surface area contributed by atoms with Gasteiger partial charge in [0.2, 0.25) is 11.8 Å². The molecule has 1 saturated carbocycles. The van der Waals surface area contributed by atoms with Crippen molar-refractivity contribution in [2.24, 2.45) is 0 Å². The number of halogens is 1. The van der Waals surface area contributed by atoms with Crippen LogP contribution in [0.3, 0.4) is 0 Å². The van der Waals surface area contributed by atoms with Gasteiger partial charge in [0.15, 0.2) is 11.0 Å². The number of nitrogens with zero attached hydrogens (tertiary/aromatic N) is 4. The summed E-state index contributed by atoms with van der Waals surface area (Å²) < 4.78 is 20.5. The maximum Gasteiger partial charge on any atom is 0.252 e. The fraction of sp³-hybridized carbons (Fsp3) is 0.435. The molecule has 2 aliphatic rings. The molecule has 1 N–H and O–H groups in total. The first-order valence-electron chi connectivity index (χ1n) is 11.1. The summed E-state index contributed by atoms with van der Waals surface area (Å²) in [6.45, 7) is 4.14. The molecule has 1 aromatic heterocycles. The second kappa shape index (κ2) is 10.4. The van der Waals surface area contributed by atoms with Gasteiger partial charge in [0, 0.05) is 6.54 Å². The van der Waals surface area contributed by atoms with E-state index < -0.39 is 11.4 Å². The number of amides is 3. The second-order valence-electron chi connectivity index (χ2n) is 8.28. The van der Waals surface area contributed by atoms with Crippen LogP contribution in [0.15, 0.2) is 42.1 Å². The fourth-order valence-electron chi connectivity index (χ4n) is 4.39. The Labute approximate surface area is 200 Å². The fourth-order valence-corrected chi connectivity index (χ4v) is 5.23. The summed E-state index contributed by atoms with van der Waals surface area (Å²) in [6.07, 6.45) is 5.47. The number of hydrogen-bond donors (Lipinski definition) is 1. The number of piperazine rings is 1. The number of nitrogens with one attached hydrogen (secondary N) is 1. The zero-order valence-corrected chi connectivity index (χ0v) is 19.5. The molecular weight excluding hydrogens is 461 g/mol. The minimum absolute atomic E-state index is 0.0103.